The third-order valence-electron chi connectivity index (χ3n) is 3.17. The predicted molar refractivity (Wildman–Crippen MR) is 84.0 cm³/mol. The summed E-state index contributed by atoms with van der Waals surface area (Å²) in [7, 11) is 1.68. The van der Waals surface area contributed by atoms with E-state index >= 15 is 0 Å². The van der Waals surface area contributed by atoms with Gasteiger partial charge in [-0.25, -0.2) is 0 Å². The molecule has 0 heterocycles. The van der Waals surface area contributed by atoms with Crippen LogP contribution in [0.1, 0.15) is 18.1 Å². The average molecular weight is 378 g/mol. The van der Waals surface area contributed by atoms with E-state index in [0.29, 0.717) is 0 Å². The normalized spacial score (nSPS) is 13.2. The number of methoxy groups -OCH3 is 1. The number of rotatable bonds is 4. The molecular weight excluding hydrogens is 360 g/mol. The molecule has 6 heteroatoms. The number of aliphatic hydroxyl groups excluding tert-OH is 1. The van der Waals surface area contributed by atoms with E-state index in [0.717, 1.165) is 29.6 Å². The summed E-state index contributed by atoms with van der Waals surface area (Å²) in [6.45, 7) is 15.7. The van der Waals surface area contributed by atoms with Gasteiger partial charge in [0.05, 0.1) is 13.7 Å². The fourth-order valence-electron chi connectivity index (χ4n) is 2.25. The van der Waals surface area contributed by atoms with Gasteiger partial charge in [0.15, 0.2) is 0 Å². The Balaban J connectivity index is -0.000000626. The first kappa shape index (κ1) is 28.5. The van der Waals surface area contributed by atoms with Crippen LogP contribution < -0.4 is 4.74 Å². The maximum Gasteiger partial charge on any atom is 0 e. The number of hydrogen-bond acceptors (Lipinski definition) is 2. The minimum Gasteiger partial charge on any atom is 0 e. The van der Waals surface area contributed by atoms with Gasteiger partial charge in [-0.05, 0) is 43.7 Å². The molecule has 1 aliphatic rings. The maximum absolute atomic E-state index is 9.47. The molecule has 1 saturated carbocycles. The van der Waals surface area contributed by atoms with Gasteiger partial charge < -0.3 is 9.84 Å². The first-order chi connectivity index (χ1) is 11.8. The first-order valence-electron chi connectivity index (χ1n) is 6.78. The fourth-order valence-corrected chi connectivity index (χ4v) is 2.25. The van der Waals surface area contributed by atoms with Gasteiger partial charge in [-0.15, -0.1) is 0 Å². The van der Waals surface area contributed by atoms with Crippen LogP contribution in [0.5, 0.6) is 5.75 Å². The summed E-state index contributed by atoms with van der Waals surface area (Å²) in [5.41, 5.74) is 2.32. The van der Waals surface area contributed by atoms with Crippen molar-refractivity contribution in [1.29, 1.82) is 0 Å². The molecule has 1 N–H and O–H groups in total. The molecule has 5 nitrogen and oxygen atoms in total. The summed E-state index contributed by atoms with van der Waals surface area (Å²) in [4.78, 5) is 0. The second-order valence-corrected chi connectivity index (χ2v) is 4.16. The molecule has 0 saturated heterocycles. The first-order valence-corrected chi connectivity index (χ1v) is 6.78. The minimum absolute atomic E-state index is 0. The molecule has 1 aromatic rings. The van der Waals surface area contributed by atoms with Crippen LogP contribution in [0.15, 0.2) is 18.2 Å². The molecular formula is C19H18CrO5. The van der Waals surface area contributed by atoms with E-state index in [1.807, 2.05) is 37.8 Å². The SMILES string of the molecule is CCc1cccc(OC)c1[C]1[CH][CH][CH][CH][C]1CO.[C-]#[O+].[C-]#[O+].[C-]#[O+].[Cr]. The number of aryl methyl sites for hydroxylation is 1. The quantitative estimate of drug-likeness (QED) is 0.644. The van der Waals surface area contributed by atoms with E-state index in [2.05, 4.69) is 32.9 Å². The molecule has 0 amide bonds. The standard InChI is InChI=1S/C16H18O2.3CO.Cr/c1-3-12-8-6-10-15(18-2)16(12)14-9-5-4-7-13(14)11-17;3*1-2;/h4-10,17H,3,11H2,1-2H3;;;;. The van der Waals surface area contributed by atoms with E-state index in [1.54, 1.807) is 7.11 Å². The van der Waals surface area contributed by atoms with Gasteiger partial charge in [-0.3, -0.25) is 0 Å². The molecule has 0 atom stereocenters. The monoisotopic (exact) mass is 378 g/mol. The van der Waals surface area contributed by atoms with Crippen LogP contribution in [-0.4, -0.2) is 18.8 Å². The molecule has 0 aliphatic heterocycles. The van der Waals surface area contributed by atoms with E-state index in [1.165, 1.54) is 5.56 Å². The van der Waals surface area contributed by atoms with Crippen molar-refractivity contribution in [3.8, 4) is 5.75 Å². The van der Waals surface area contributed by atoms with Gasteiger partial charge >= 0.3 is 33.9 Å². The number of hydrogen-bond donors (Lipinski definition) is 1. The molecule has 0 bridgehead atoms. The molecule has 1 aliphatic carbocycles. The zero-order chi connectivity index (χ0) is 19.0. The predicted octanol–water partition coefficient (Wildman–Crippen LogP) is 2.46. The Labute approximate surface area is 161 Å². The molecule has 0 spiro atoms. The Morgan fingerprint density at radius 3 is 2.04 bits per heavy atom. The Morgan fingerprint density at radius 2 is 1.56 bits per heavy atom. The summed E-state index contributed by atoms with van der Waals surface area (Å²) in [6.07, 6.45) is 8.84. The van der Waals surface area contributed by atoms with Gasteiger partial charge in [0.25, 0.3) is 0 Å². The number of aliphatic hydroxyl groups is 1. The third kappa shape index (κ3) is 8.59. The summed E-state index contributed by atoms with van der Waals surface area (Å²) in [5, 5.41) is 9.47. The van der Waals surface area contributed by atoms with E-state index in [9.17, 15) is 5.11 Å². The van der Waals surface area contributed by atoms with Crippen molar-refractivity contribution in [2.75, 3.05) is 13.7 Å². The van der Waals surface area contributed by atoms with Crippen LogP contribution in [0.3, 0.4) is 0 Å². The Morgan fingerprint density at radius 1 is 1.00 bits per heavy atom. The topological polar surface area (TPSA) is 89.2 Å². The van der Waals surface area contributed by atoms with Crippen LogP contribution in [0.25, 0.3) is 0 Å². The van der Waals surface area contributed by atoms with Gasteiger partial charge in [-0.1, -0.05) is 19.1 Å². The number of benzene rings is 1. The smallest absolute Gasteiger partial charge is 0 e. The van der Waals surface area contributed by atoms with Crippen molar-refractivity contribution in [3.63, 3.8) is 0 Å². The zero-order valence-electron chi connectivity index (χ0n) is 13.9. The van der Waals surface area contributed by atoms with Crippen molar-refractivity contribution in [1.82, 2.24) is 0 Å². The second-order valence-electron chi connectivity index (χ2n) is 4.16. The van der Waals surface area contributed by atoms with Crippen LogP contribution in [0, 0.1) is 57.5 Å². The molecule has 1 aromatic carbocycles. The molecule has 0 unspecified atom stereocenters. The summed E-state index contributed by atoms with van der Waals surface area (Å²) in [5.74, 6) is 2.83. The van der Waals surface area contributed by atoms with E-state index in [4.69, 9.17) is 18.7 Å². The van der Waals surface area contributed by atoms with Gasteiger partial charge in [0.2, 0.25) is 0 Å². The third-order valence-corrected chi connectivity index (χ3v) is 3.17. The van der Waals surface area contributed by atoms with Gasteiger partial charge in [-0.2, -0.15) is 0 Å². The Hall–Kier alpha value is -1.27. The second kappa shape index (κ2) is 19.1. The summed E-state index contributed by atoms with van der Waals surface area (Å²) < 4.78 is 28.0. The van der Waals surface area contributed by atoms with Crippen LogP contribution in [0.2, 0.25) is 0 Å². The zero-order valence-corrected chi connectivity index (χ0v) is 15.2. The van der Waals surface area contributed by atoms with Crippen LogP contribution in [0.4, 0.5) is 0 Å². The minimum atomic E-state index is 0. The van der Waals surface area contributed by atoms with Crippen LogP contribution in [-0.2, 0) is 37.7 Å². The van der Waals surface area contributed by atoms with Crippen molar-refractivity contribution in [2.24, 2.45) is 0 Å². The van der Waals surface area contributed by atoms with Gasteiger partial charge in [0.1, 0.15) is 5.75 Å². The molecule has 0 aromatic heterocycles. The van der Waals surface area contributed by atoms with Crippen molar-refractivity contribution in [3.05, 3.63) is 86.8 Å². The molecule has 6 radical (unpaired) electrons. The Kier molecular flexibility index (Phi) is 21.8. The fraction of sp³-hybridized carbons (Fsp3) is 0.211. The summed E-state index contributed by atoms with van der Waals surface area (Å²) >= 11 is 0. The largest absolute Gasteiger partial charge is 0 e. The summed E-state index contributed by atoms with van der Waals surface area (Å²) in [6, 6.07) is 6.07. The van der Waals surface area contributed by atoms with E-state index < -0.39 is 0 Å². The molecule has 2 rings (SSSR count). The average Bonchev–Trinajstić information content (AvgIpc) is 2.71. The number of ether oxygens (including phenoxy) is 1. The van der Waals surface area contributed by atoms with Crippen molar-refractivity contribution >= 4 is 0 Å². The maximum atomic E-state index is 9.47. The van der Waals surface area contributed by atoms with E-state index in [-0.39, 0.29) is 24.0 Å². The van der Waals surface area contributed by atoms with Crippen molar-refractivity contribution < 1.29 is 41.2 Å². The molecule has 1 fully saturated rings. The van der Waals surface area contributed by atoms with Crippen molar-refractivity contribution in [2.45, 2.75) is 13.3 Å². The van der Waals surface area contributed by atoms with Crippen LogP contribution >= 0.6 is 0 Å². The van der Waals surface area contributed by atoms with Gasteiger partial charge in [0, 0.05) is 34.8 Å². The molecule has 25 heavy (non-hydrogen) atoms. The molecule has 130 valence electrons. The Bertz CT molecular complexity index is 474.